The van der Waals surface area contributed by atoms with Crippen molar-refractivity contribution in [3.63, 3.8) is 0 Å². The summed E-state index contributed by atoms with van der Waals surface area (Å²) < 4.78 is 0. The SMILES string of the molecule is CCCCCCCCC(Br)C(Br)CCCCCCCC. The molecule has 0 aliphatic heterocycles. The van der Waals surface area contributed by atoms with Gasteiger partial charge in [0.25, 0.3) is 0 Å². The van der Waals surface area contributed by atoms with Gasteiger partial charge in [-0.15, -0.1) is 0 Å². The lowest BCUT2D eigenvalue weighted by Crippen LogP contribution is -2.13. The third-order valence-electron chi connectivity index (χ3n) is 4.06. The molecule has 0 radical (unpaired) electrons. The van der Waals surface area contributed by atoms with Crippen molar-refractivity contribution < 1.29 is 0 Å². The topological polar surface area (TPSA) is 0 Å². The minimum atomic E-state index is 0.671. The zero-order valence-corrected chi connectivity index (χ0v) is 17.0. The molecule has 0 saturated carbocycles. The van der Waals surface area contributed by atoms with Crippen LogP contribution in [0, 0.1) is 0 Å². The van der Waals surface area contributed by atoms with E-state index in [2.05, 4.69) is 45.7 Å². The predicted molar refractivity (Wildman–Crippen MR) is 101 cm³/mol. The number of halogens is 2. The van der Waals surface area contributed by atoms with E-state index in [1.54, 1.807) is 0 Å². The highest BCUT2D eigenvalue weighted by Gasteiger charge is 2.14. The van der Waals surface area contributed by atoms with E-state index in [1.165, 1.54) is 89.9 Å². The van der Waals surface area contributed by atoms with Gasteiger partial charge >= 0.3 is 0 Å². The Morgan fingerprint density at radius 3 is 1.15 bits per heavy atom. The second kappa shape index (κ2) is 16.3. The number of alkyl halides is 2. The van der Waals surface area contributed by atoms with Crippen LogP contribution in [0.1, 0.15) is 104 Å². The third kappa shape index (κ3) is 13.9. The highest BCUT2D eigenvalue weighted by molar-refractivity contribution is 9.12. The van der Waals surface area contributed by atoms with Crippen LogP contribution in [0.3, 0.4) is 0 Å². The van der Waals surface area contributed by atoms with Gasteiger partial charge in [-0.2, -0.15) is 0 Å². The van der Waals surface area contributed by atoms with Crippen LogP contribution < -0.4 is 0 Å². The maximum atomic E-state index is 3.87. The molecule has 0 aliphatic rings. The van der Waals surface area contributed by atoms with Gasteiger partial charge in [0.2, 0.25) is 0 Å². The first kappa shape index (κ1) is 21.0. The Morgan fingerprint density at radius 1 is 0.500 bits per heavy atom. The first-order valence-electron chi connectivity index (χ1n) is 9.00. The smallest absolute Gasteiger partial charge is 0.0271 e. The minimum absolute atomic E-state index is 0.671. The molecule has 122 valence electrons. The fourth-order valence-corrected chi connectivity index (χ4v) is 3.78. The summed E-state index contributed by atoms with van der Waals surface area (Å²) in [6.45, 7) is 4.57. The lowest BCUT2D eigenvalue weighted by Gasteiger charge is -2.16. The number of hydrogen-bond acceptors (Lipinski definition) is 0. The summed E-state index contributed by atoms with van der Waals surface area (Å²) in [6.07, 6.45) is 19.5. The van der Waals surface area contributed by atoms with E-state index in [4.69, 9.17) is 0 Å². The number of rotatable bonds is 15. The molecule has 2 heteroatoms. The molecule has 0 spiro atoms. The van der Waals surface area contributed by atoms with Gasteiger partial charge in [-0.1, -0.05) is 123 Å². The van der Waals surface area contributed by atoms with Crippen molar-refractivity contribution in [2.45, 2.75) is 113 Å². The molecule has 0 bridgehead atoms. The van der Waals surface area contributed by atoms with Gasteiger partial charge in [-0.3, -0.25) is 0 Å². The van der Waals surface area contributed by atoms with Crippen molar-refractivity contribution in [2.24, 2.45) is 0 Å². The average molecular weight is 412 g/mol. The van der Waals surface area contributed by atoms with Crippen LogP contribution in [0.25, 0.3) is 0 Å². The lowest BCUT2D eigenvalue weighted by atomic mass is 10.0. The standard InChI is InChI=1S/C18H36Br2/c1-3-5-7-9-11-13-15-17(19)18(20)16-14-12-10-8-6-4-2/h17-18H,3-16H2,1-2H3. The van der Waals surface area contributed by atoms with Crippen LogP contribution in [-0.4, -0.2) is 9.65 Å². The normalized spacial score (nSPS) is 14.4. The Kier molecular flexibility index (Phi) is 17.1. The lowest BCUT2D eigenvalue weighted by molar-refractivity contribution is 0.551. The zero-order valence-electron chi connectivity index (χ0n) is 13.8. The molecule has 0 saturated heterocycles. The number of unbranched alkanes of at least 4 members (excludes halogenated alkanes) is 10. The third-order valence-corrected chi connectivity index (χ3v) is 6.96. The summed E-state index contributed by atoms with van der Waals surface area (Å²) in [5, 5.41) is 0. The summed E-state index contributed by atoms with van der Waals surface area (Å²) in [7, 11) is 0. The summed E-state index contributed by atoms with van der Waals surface area (Å²) in [5.41, 5.74) is 0. The van der Waals surface area contributed by atoms with E-state index in [-0.39, 0.29) is 0 Å². The van der Waals surface area contributed by atoms with E-state index in [9.17, 15) is 0 Å². The summed E-state index contributed by atoms with van der Waals surface area (Å²) in [4.78, 5) is 1.34. The van der Waals surface area contributed by atoms with E-state index in [0.717, 1.165) is 0 Å². The molecule has 0 aromatic heterocycles. The van der Waals surface area contributed by atoms with E-state index in [1.807, 2.05) is 0 Å². The molecule has 0 N–H and O–H groups in total. The molecule has 0 heterocycles. The maximum Gasteiger partial charge on any atom is 0.0271 e. The molecule has 0 rings (SSSR count). The molecule has 0 aromatic carbocycles. The Balaban J connectivity index is 3.35. The Hall–Kier alpha value is 0.960. The minimum Gasteiger partial charge on any atom is -0.0879 e. The van der Waals surface area contributed by atoms with Gasteiger partial charge in [-0.25, -0.2) is 0 Å². The first-order valence-corrected chi connectivity index (χ1v) is 10.8. The van der Waals surface area contributed by atoms with Crippen LogP contribution in [-0.2, 0) is 0 Å². The molecule has 2 unspecified atom stereocenters. The van der Waals surface area contributed by atoms with Crippen molar-refractivity contribution in [2.75, 3.05) is 0 Å². The summed E-state index contributed by atoms with van der Waals surface area (Å²) in [5.74, 6) is 0. The molecular formula is C18H36Br2. The second-order valence-corrected chi connectivity index (χ2v) is 8.50. The summed E-state index contributed by atoms with van der Waals surface area (Å²) in [6, 6.07) is 0. The van der Waals surface area contributed by atoms with Crippen molar-refractivity contribution in [3.8, 4) is 0 Å². The highest BCUT2D eigenvalue weighted by atomic mass is 79.9. The summed E-state index contributed by atoms with van der Waals surface area (Å²) >= 11 is 7.75. The quantitative estimate of drug-likeness (QED) is 0.189. The second-order valence-electron chi connectivity index (χ2n) is 6.14. The van der Waals surface area contributed by atoms with E-state index >= 15 is 0 Å². The van der Waals surface area contributed by atoms with Gasteiger partial charge in [-0.05, 0) is 12.8 Å². The van der Waals surface area contributed by atoms with Crippen LogP contribution in [0.15, 0.2) is 0 Å². The fraction of sp³-hybridized carbons (Fsp3) is 1.00. The molecule has 0 aliphatic carbocycles. The molecule has 0 aromatic rings. The van der Waals surface area contributed by atoms with Crippen LogP contribution in [0.2, 0.25) is 0 Å². The Labute approximate surface area is 145 Å². The fourth-order valence-electron chi connectivity index (χ4n) is 2.60. The van der Waals surface area contributed by atoms with Gasteiger partial charge in [0, 0.05) is 9.65 Å². The molecule has 2 atom stereocenters. The van der Waals surface area contributed by atoms with Gasteiger partial charge in [0.05, 0.1) is 0 Å². The predicted octanol–water partition coefficient (Wildman–Crippen LogP) is 8.01. The van der Waals surface area contributed by atoms with Crippen molar-refractivity contribution in [3.05, 3.63) is 0 Å². The largest absolute Gasteiger partial charge is 0.0879 e. The van der Waals surface area contributed by atoms with Crippen LogP contribution in [0.4, 0.5) is 0 Å². The molecule has 0 amide bonds. The van der Waals surface area contributed by atoms with Crippen LogP contribution >= 0.6 is 31.9 Å². The Morgan fingerprint density at radius 2 is 0.800 bits per heavy atom. The zero-order chi connectivity index (χ0) is 15.1. The van der Waals surface area contributed by atoms with Crippen molar-refractivity contribution in [1.29, 1.82) is 0 Å². The van der Waals surface area contributed by atoms with E-state index in [0.29, 0.717) is 9.65 Å². The maximum absolute atomic E-state index is 3.87. The average Bonchev–Trinajstić information content (AvgIpc) is 2.45. The van der Waals surface area contributed by atoms with Gasteiger partial charge in [0.1, 0.15) is 0 Å². The van der Waals surface area contributed by atoms with Crippen molar-refractivity contribution in [1.82, 2.24) is 0 Å². The first-order chi connectivity index (χ1) is 9.72. The Bertz CT molecular complexity index is 162. The molecular weight excluding hydrogens is 376 g/mol. The molecule has 0 fully saturated rings. The molecule has 0 nitrogen and oxygen atoms in total. The van der Waals surface area contributed by atoms with Gasteiger partial charge < -0.3 is 0 Å². The van der Waals surface area contributed by atoms with Gasteiger partial charge in [0.15, 0.2) is 0 Å². The monoisotopic (exact) mass is 410 g/mol. The molecule has 20 heavy (non-hydrogen) atoms. The number of hydrogen-bond donors (Lipinski definition) is 0. The van der Waals surface area contributed by atoms with E-state index < -0.39 is 0 Å². The highest BCUT2D eigenvalue weighted by Crippen LogP contribution is 2.25. The van der Waals surface area contributed by atoms with Crippen molar-refractivity contribution >= 4 is 31.9 Å². The van der Waals surface area contributed by atoms with Crippen LogP contribution in [0.5, 0.6) is 0 Å².